The second-order valence-electron chi connectivity index (χ2n) is 5.53. The van der Waals surface area contributed by atoms with Crippen molar-refractivity contribution in [2.75, 3.05) is 45.8 Å². The average Bonchev–Trinajstić information content (AvgIpc) is 2.47. The molecule has 0 aliphatic rings. The van der Waals surface area contributed by atoms with Crippen molar-refractivity contribution >= 4 is 0 Å². The first-order valence-corrected chi connectivity index (χ1v) is 8.78. The smallest absolute Gasteiger partial charge is 0.0786 e. The Hall–Kier alpha value is -0.160. The molecular formula is C17H44N2O2. The third-order valence-corrected chi connectivity index (χ3v) is 4.75. The first-order chi connectivity index (χ1) is 9.09. The highest BCUT2D eigenvalue weighted by molar-refractivity contribution is 4.41. The van der Waals surface area contributed by atoms with Crippen LogP contribution in [0.3, 0.4) is 0 Å². The van der Waals surface area contributed by atoms with Crippen LogP contribution in [0.4, 0.5) is 0 Å². The van der Waals surface area contributed by atoms with E-state index in [1.807, 2.05) is 0 Å². The van der Waals surface area contributed by atoms with Crippen molar-refractivity contribution in [2.45, 2.75) is 67.7 Å². The molecule has 0 aromatic rings. The number of rotatable bonds is 10. The van der Waals surface area contributed by atoms with Gasteiger partial charge in [-0.2, -0.15) is 0 Å². The first kappa shape index (κ1) is 28.9. The molecule has 4 nitrogen and oxygen atoms in total. The highest BCUT2D eigenvalue weighted by atomic mass is 16.0. The van der Waals surface area contributed by atoms with Crippen LogP contribution in [-0.4, -0.2) is 61.2 Å². The Morgan fingerprint density at radius 3 is 1.19 bits per heavy atom. The number of nitrogens with zero attached hydrogens (tertiary/aromatic N) is 1. The summed E-state index contributed by atoms with van der Waals surface area (Å²) in [6.45, 7) is 25.0. The van der Waals surface area contributed by atoms with Crippen LogP contribution in [0.2, 0.25) is 0 Å². The maximum Gasteiger partial charge on any atom is 0.0786 e. The van der Waals surface area contributed by atoms with E-state index >= 15 is 0 Å². The number of unbranched alkanes of at least 4 members (excludes halogenated alkanes) is 2. The summed E-state index contributed by atoms with van der Waals surface area (Å²) in [6.07, 6.45) is 4.16. The predicted octanol–water partition coefficient (Wildman–Crippen LogP) is 2.63. The Morgan fingerprint density at radius 1 is 0.619 bits per heavy atom. The molecule has 0 saturated heterocycles. The lowest BCUT2D eigenvalue weighted by Gasteiger charge is -2.35. The van der Waals surface area contributed by atoms with Crippen LogP contribution in [0.25, 0.3) is 0 Å². The van der Waals surface area contributed by atoms with Crippen LogP contribution in [-0.2, 0) is 0 Å². The Kier molecular flexibility index (Phi) is 27.3. The van der Waals surface area contributed by atoms with Gasteiger partial charge < -0.3 is 20.3 Å². The number of hydrogen-bond acceptors (Lipinski definition) is 2. The van der Waals surface area contributed by atoms with Gasteiger partial charge in [-0.25, -0.2) is 0 Å². The van der Waals surface area contributed by atoms with Gasteiger partial charge in [0.15, 0.2) is 0 Å². The number of nitrogens with one attached hydrogen (secondary N) is 1. The summed E-state index contributed by atoms with van der Waals surface area (Å²) in [4.78, 5) is 1.68. The predicted molar refractivity (Wildman–Crippen MR) is 92.7 cm³/mol. The fourth-order valence-electron chi connectivity index (χ4n) is 2.59. The Balaban J connectivity index is -0.000000140. The van der Waals surface area contributed by atoms with Crippen molar-refractivity contribution in [1.29, 1.82) is 0 Å². The average molecular weight is 309 g/mol. The molecule has 0 amide bonds. The quantitative estimate of drug-likeness (QED) is 0.498. The maximum atomic E-state index is 2.32. The van der Waals surface area contributed by atoms with Gasteiger partial charge >= 0.3 is 0 Å². The van der Waals surface area contributed by atoms with Crippen LogP contribution in [0, 0.1) is 0 Å². The Bertz CT molecular complexity index is 156. The van der Waals surface area contributed by atoms with Crippen molar-refractivity contribution in [3.63, 3.8) is 0 Å². The van der Waals surface area contributed by atoms with Crippen LogP contribution >= 0.6 is 0 Å². The third-order valence-electron chi connectivity index (χ3n) is 4.75. The molecule has 0 bridgehead atoms. The van der Waals surface area contributed by atoms with Gasteiger partial charge in [0.25, 0.3) is 0 Å². The van der Waals surface area contributed by atoms with E-state index in [1.54, 1.807) is 4.90 Å². The van der Waals surface area contributed by atoms with Crippen molar-refractivity contribution in [2.24, 2.45) is 0 Å². The highest BCUT2D eigenvalue weighted by Crippen LogP contribution is 2.09. The van der Waals surface area contributed by atoms with E-state index in [0.717, 1.165) is 0 Å². The summed E-state index contributed by atoms with van der Waals surface area (Å²) < 4.78 is 1.32. The zero-order chi connectivity index (χ0) is 15.1. The Morgan fingerprint density at radius 2 is 1.00 bits per heavy atom. The monoisotopic (exact) mass is 308 g/mol. The molecule has 0 fully saturated rings. The van der Waals surface area contributed by atoms with E-state index in [-0.39, 0.29) is 11.0 Å². The fourth-order valence-corrected chi connectivity index (χ4v) is 2.59. The van der Waals surface area contributed by atoms with Crippen LogP contribution in [0.1, 0.15) is 67.7 Å². The molecule has 0 rings (SSSR count). The fraction of sp³-hybridized carbons (Fsp3) is 1.00. The van der Waals surface area contributed by atoms with E-state index in [2.05, 4.69) is 48.5 Å². The van der Waals surface area contributed by atoms with E-state index in [1.165, 1.54) is 69.6 Å². The molecule has 0 aromatic carbocycles. The molecule has 0 aliphatic carbocycles. The minimum absolute atomic E-state index is 0. The molecule has 3 N–H and O–H groups in total. The van der Waals surface area contributed by atoms with Crippen LogP contribution in [0.5, 0.6) is 0 Å². The van der Waals surface area contributed by atoms with Crippen molar-refractivity contribution in [3.05, 3.63) is 0 Å². The lowest BCUT2D eigenvalue weighted by atomic mass is 10.2. The minimum Gasteiger partial charge on any atom is -0.870 e. The minimum atomic E-state index is 0. The molecule has 0 atom stereocenters. The standard InChI is InChI=1S/C11H26N.C6H15N.2H2O/c1-5-9-10-11-12(6-2,7-3)8-4;1-4-7(5-2)6-3;;/h5-11H2,1-4H3;4-6H2,1-3H3;2*1H2/q+1;;;/p-1. The Labute approximate surface area is 134 Å². The van der Waals surface area contributed by atoms with Gasteiger partial charge in [-0.05, 0) is 54.4 Å². The van der Waals surface area contributed by atoms with Crippen molar-refractivity contribution in [1.82, 2.24) is 0 Å². The van der Waals surface area contributed by atoms with E-state index < -0.39 is 0 Å². The van der Waals surface area contributed by atoms with E-state index in [0.29, 0.717) is 0 Å². The summed E-state index contributed by atoms with van der Waals surface area (Å²) in [5.74, 6) is 0. The van der Waals surface area contributed by atoms with Gasteiger partial charge in [-0.15, -0.1) is 0 Å². The molecule has 134 valence electrons. The molecule has 0 saturated carbocycles. The van der Waals surface area contributed by atoms with Crippen LogP contribution in [0.15, 0.2) is 0 Å². The summed E-state index contributed by atoms with van der Waals surface area (Å²) in [5.41, 5.74) is 0. The second-order valence-corrected chi connectivity index (χ2v) is 5.53. The van der Waals surface area contributed by atoms with Gasteiger partial charge in [0.2, 0.25) is 0 Å². The highest BCUT2D eigenvalue weighted by Gasteiger charge is 2.18. The zero-order valence-electron chi connectivity index (χ0n) is 15.9. The van der Waals surface area contributed by atoms with Gasteiger partial charge in [0.1, 0.15) is 0 Å². The largest absolute Gasteiger partial charge is 0.870 e. The number of quaternary nitrogens is 2. The summed E-state index contributed by atoms with van der Waals surface area (Å²) in [6, 6.07) is 0. The van der Waals surface area contributed by atoms with E-state index in [9.17, 15) is 0 Å². The van der Waals surface area contributed by atoms with Crippen LogP contribution < -0.4 is 4.90 Å². The molecule has 0 aliphatic heterocycles. The van der Waals surface area contributed by atoms with Gasteiger partial charge in [0, 0.05) is 0 Å². The van der Waals surface area contributed by atoms with Gasteiger partial charge in [0.05, 0.1) is 45.8 Å². The normalized spacial score (nSPS) is 10.3. The molecular weight excluding hydrogens is 264 g/mol. The first-order valence-electron chi connectivity index (χ1n) is 8.78. The molecule has 0 spiro atoms. The van der Waals surface area contributed by atoms with Crippen molar-refractivity contribution < 1.29 is 20.3 Å². The van der Waals surface area contributed by atoms with E-state index in [4.69, 9.17) is 0 Å². The second kappa shape index (κ2) is 19.8. The molecule has 21 heavy (non-hydrogen) atoms. The molecule has 0 aromatic heterocycles. The lowest BCUT2D eigenvalue weighted by Crippen LogP contribution is -3.11. The third kappa shape index (κ3) is 14.5. The van der Waals surface area contributed by atoms with Crippen molar-refractivity contribution in [3.8, 4) is 0 Å². The molecule has 4 heteroatoms. The maximum absolute atomic E-state index is 2.32. The summed E-state index contributed by atoms with van der Waals surface area (Å²) in [5, 5.41) is 0. The molecule has 0 unspecified atom stereocenters. The topological polar surface area (TPSA) is 64.4 Å². The summed E-state index contributed by atoms with van der Waals surface area (Å²) in [7, 11) is 0. The lowest BCUT2D eigenvalue weighted by molar-refractivity contribution is -0.923. The number of hydrogen-bond donors (Lipinski definition) is 1. The SMILES string of the molecule is CCCCC[N+](CC)(CC)CC.CC[NH+](CC)CC.[OH-].[OH-]. The van der Waals surface area contributed by atoms with Gasteiger partial charge in [-0.1, -0.05) is 13.3 Å². The molecule has 0 radical (unpaired) electrons. The zero-order valence-corrected chi connectivity index (χ0v) is 15.9. The molecule has 0 heterocycles. The summed E-state index contributed by atoms with van der Waals surface area (Å²) >= 11 is 0. The van der Waals surface area contributed by atoms with Gasteiger partial charge in [-0.3, -0.25) is 0 Å².